The van der Waals surface area contributed by atoms with Crippen molar-refractivity contribution in [2.45, 2.75) is 17.5 Å². The molecule has 3 N–H and O–H groups in total. The lowest BCUT2D eigenvalue weighted by Gasteiger charge is -2.11. The summed E-state index contributed by atoms with van der Waals surface area (Å²) < 4.78 is 63.8. The molecular formula is C16H12F3N3O4S. The van der Waals surface area contributed by atoms with E-state index in [1.165, 1.54) is 30.3 Å². The van der Waals surface area contributed by atoms with Gasteiger partial charge in [0.15, 0.2) is 0 Å². The Morgan fingerprint density at radius 3 is 2.30 bits per heavy atom. The lowest BCUT2D eigenvalue weighted by atomic mass is 10.2. The van der Waals surface area contributed by atoms with E-state index in [-0.39, 0.29) is 28.6 Å². The van der Waals surface area contributed by atoms with Gasteiger partial charge in [0.05, 0.1) is 11.3 Å². The highest BCUT2D eigenvalue weighted by atomic mass is 32.2. The second kappa shape index (κ2) is 6.58. The topological polar surface area (TPSA) is 104 Å². The number of anilines is 3. The zero-order valence-electron chi connectivity index (χ0n) is 13.4. The molecule has 0 fully saturated rings. The van der Waals surface area contributed by atoms with Crippen LogP contribution in [0.4, 0.5) is 30.2 Å². The Morgan fingerprint density at radius 2 is 1.67 bits per heavy atom. The normalized spacial score (nSPS) is 13.7. The van der Waals surface area contributed by atoms with Crippen molar-refractivity contribution in [3.05, 3.63) is 48.0 Å². The number of amides is 2. The van der Waals surface area contributed by atoms with E-state index in [0.29, 0.717) is 11.3 Å². The molecule has 7 nitrogen and oxygen atoms in total. The van der Waals surface area contributed by atoms with Gasteiger partial charge < -0.3 is 10.6 Å². The predicted molar refractivity (Wildman–Crippen MR) is 90.7 cm³/mol. The minimum atomic E-state index is -5.02. The fourth-order valence-corrected chi connectivity index (χ4v) is 3.52. The molecule has 2 amide bonds. The first-order valence-electron chi connectivity index (χ1n) is 7.48. The first-order valence-corrected chi connectivity index (χ1v) is 8.97. The zero-order valence-corrected chi connectivity index (χ0v) is 14.2. The van der Waals surface area contributed by atoms with E-state index in [0.717, 1.165) is 12.1 Å². The second-order valence-corrected chi connectivity index (χ2v) is 7.36. The Bertz CT molecular complexity index is 1020. The Morgan fingerprint density at radius 1 is 1.04 bits per heavy atom. The van der Waals surface area contributed by atoms with E-state index in [4.69, 9.17) is 0 Å². The lowest BCUT2D eigenvalue weighted by Crippen LogP contribution is -2.29. The quantitative estimate of drug-likeness (QED) is 0.735. The third kappa shape index (κ3) is 4.19. The van der Waals surface area contributed by atoms with Gasteiger partial charge in [-0.05, 0) is 48.0 Å². The third-order valence-corrected chi connectivity index (χ3v) is 5.04. The van der Waals surface area contributed by atoms with Crippen LogP contribution >= 0.6 is 0 Å². The number of hydrogen-bond donors (Lipinski definition) is 3. The monoisotopic (exact) mass is 399 g/mol. The van der Waals surface area contributed by atoms with Crippen LogP contribution < -0.4 is 15.4 Å². The van der Waals surface area contributed by atoms with Gasteiger partial charge in [0.2, 0.25) is 5.91 Å². The van der Waals surface area contributed by atoms with Gasteiger partial charge in [-0.3, -0.25) is 14.3 Å². The summed E-state index contributed by atoms with van der Waals surface area (Å²) in [6, 6.07) is 8.85. The summed E-state index contributed by atoms with van der Waals surface area (Å²) >= 11 is 0. The maximum absolute atomic E-state index is 12.4. The van der Waals surface area contributed by atoms with E-state index in [9.17, 15) is 31.2 Å². The lowest BCUT2D eigenvalue weighted by molar-refractivity contribution is -0.167. The van der Waals surface area contributed by atoms with Crippen molar-refractivity contribution < 1.29 is 31.2 Å². The number of nitrogens with one attached hydrogen (secondary N) is 3. The van der Waals surface area contributed by atoms with Crippen molar-refractivity contribution in [3.8, 4) is 0 Å². The van der Waals surface area contributed by atoms with Crippen LogP contribution in [0.2, 0.25) is 0 Å². The van der Waals surface area contributed by atoms with Gasteiger partial charge in [0, 0.05) is 17.1 Å². The summed E-state index contributed by atoms with van der Waals surface area (Å²) in [6.07, 6.45) is -4.95. The molecule has 0 aromatic heterocycles. The van der Waals surface area contributed by atoms with Crippen LogP contribution in [0.5, 0.6) is 0 Å². The fourth-order valence-electron chi connectivity index (χ4n) is 2.41. The van der Waals surface area contributed by atoms with Gasteiger partial charge in [-0.15, -0.1) is 0 Å². The molecule has 0 saturated heterocycles. The Hall–Kier alpha value is -3.08. The van der Waals surface area contributed by atoms with Crippen LogP contribution in [0.25, 0.3) is 0 Å². The number of rotatable bonds is 4. The van der Waals surface area contributed by atoms with Crippen LogP contribution in [-0.2, 0) is 26.0 Å². The van der Waals surface area contributed by atoms with Crippen LogP contribution in [0.3, 0.4) is 0 Å². The average molecular weight is 399 g/mol. The summed E-state index contributed by atoms with van der Waals surface area (Å²) in [4.78, 5) is 22.2. The van der Waals surface area contributed by atoms with Gasteiger partial charge >= 0.3 is 12.1 Å². The number of fused-ring (bicyclic) bond motifs is 1. The smallest absolute Gasteiger partial charge is 0.326 e. The highest BCUT2D eigenvalue weighted by Gasteiger charge is 2.38. The molecule has 1 heterocycles. The maximum atomic E-state index is 12.4. The summed E-state index contributed by atoms with van der Waals surface area (Å²) in [5, 5.41) is 4.25. The van der Waals surface area contributed by atoms with Gasteiger partial charge in [-0.25, -0.2) is 8.42 Å². The number of alkyl halides is 3. The van der Waals surface area contributed by atoms with E-state index >= 15 is 0 Å². The Labute approximate surface area is 151 Å². The van der Waals surface area contributed by atoms with Crippen molar-refractivity contribution in [2.75, 3.05) is 15.4 Å². The van der Waals surface area contributed by atoms with Crippen LogP contribution in [0.1, 0.15) is 5.56 Å². The number of halogens is 3. The molecule has 0 spiro atoms. The summed E-state index contributed by atoms with van der Waals surface area (Å²) in [6.45, 7) is 0. The molecule has 0 saturated carbocycles. The summed E-state index contributed by atoms with van der Waals surface area (Å²) in [7, 11) is -3.97. The number of sulfonamides is 1. The van der Waals surface area contributed by atoms with E-state index in [1.807, 2.05) is 0 Å². The minimum absolute atomic E-state index is 0.0628. The van der Waals surface area contributed by atoms with E-state index in [1.54, 1.807) is 5.32 Å². The largest absolute Gasteiger partial charge is 0.471 e. The molecule has 2 aromatic rings. The molecule has 1 aliphatic rings. The zero-order chi connectivity index (χ0) is 19.8. The van der Waals surface area contributed by atoms with Crippen LogP contribution in [-0.4, -0.2) is 26.4 Å². The number of hydrogen-bond acceptors (Lipinski definition) is 4. The highest BCUT2D eigenvalue weighted by molar-refractivity contribution is 7.92. The summed E-state index contributed by atoms with van der Waals surface area (Å²) in [5.74, 6) is -2.36. The Kier molecular flexibility index (Phi) is 4.56. The van der Waals surface area contributed by atoms with Crippen molar-refractivity contribution >= 4 is 38.9 Å². The molecule has 0 bridgehead atoms. The fraction of sp³-hybridized carbons (Fsp3) is 0.125. The van der Waals surface area contributed by atoms with Crippen LogP contribution in [0, 0.1) is 0 Å². The molecule has 3 rings (SSSR count). The molecule has 27 heavy (non-hydrogen) atoms. The van der Waals surface area contributed by atoms with Crippen molar-refractivity contribution in [1.82, 2.24) is 0 Å². The molecule has 2 aromatic carbocycles. The van der Waals surface area contributed by atoms with Gasteiger partial charge in [0.25, 0.3) is 10.0 Å². The predicted octanol–water partition coefficient (Wildman–Crippen LogP) is 2.48. The number of carbonyl (C=O) groups is 2. The van der Waals surface area contributed by atoms with Gasteiger partial charge in [0.1, 0.15) is 0 Å². The first-order chi connectivity index (χ1) is 12.5. The second-order valence-electron chi connectivity index (χ2n) is 5.68. The van der Waals surface area contributed by atoms with Gasteiger partial charge in [-0.1, -0.05) is 0 Å². The van der Waals surface area contributed by atoms with Crippen molar-refractivity contribution in [3.63, 3.8) is 0 Å². The average Bonchev–Trinajstić information content (AvgIpc) is 2.94. The Balaban J connectivity index is 1.74. The molecule has 1 aliphatic heterocycles. The number of carbonyl (C=O) groups excluding carboxylic acids is 2. The standard InChI is InChI=1S/C16H12F3N3O4S/c17-16(18,19)15(24)20-10-1-3-11(4-2-10)22-27(25,26)12-5-6-13-9(7-12)8-14(23)21-13/h1-7,22H,8H2,(H,20,24)(H,21,23). The molecule has 0 atom stereocenters. The van der Waals surface area contributed by atoms with Crippen LogP contribution in [0.15, 0.2) is 47.4 Å². The van der Waals surface area contributed by atoms with E-state index in [2.05, 4.69) is 10.0 Å². The van der Waals surface area contributed by atoms with E-state index < -0.39 is 22.1 Å². The third-order valence-electron chi connectivity index (χ3n) is 3.66. The molecule has 0 aliphatic carbocycles. The molecule has 0 unspecified atom stereocenters. The first kappa shape index (κ1) is 18.7. The SMILES string of the molecule is O=C1Cc2cc(S(=O)(=O)Nc3ccc(NC(=O)C(F)(F)F)cc3)ccc2N1. The van der Waals surface area contributed by atoms with Crippen molar-refractivity contribution in [1.29, 1.82) is 0 Å². The number of benzene rings is 2. The molecular weight excluding hydrogens is 387 g/mol. The molecule has 0 radical (unpaired) electrons. The molecule has 142 valence electrons. The molecule has 11 heteroatoms. The minimum Gasteiger partial charge on any atom is -0.326 e. The summed E-state index contributed by atoms with van der Waals surface area (Å²) in [5.41, 5.74) is 1.05. The highest BCUT2D eigenvalue weighted by Crippen LogP contribution is 2.27. The maximum Gasteiger partial charge on any atom is 0.471 e. The van der Waals surface area contributed by atoms with Gasteiger partial charge in [-0.2, -0.15) is 13.2 Å². The van der Waals surface area contributed by atoms with Crippen molar-refractivity contribution in [2.24, 2.45) is 0 Å².